The fourth-order valence-corrected chi connectivity index (χ4v) is 3.77. The Morgan fingerprint density at radius 3 is 2.07 bits per heavy atom. The third-order valence-electron chi connectivity index (χ3n) is 5.38. The molecule has 2 aliphatic heterocycles. The van der Waals surface area contributed by atoms with Crippen molar-refractivity contribution in [3.8, 4) is 0 Å². The zero-order valence-corrected chi connectivity index (χ0v) is 15.4. The van der Waals surface area contributed by atoms with Gasteiger partial charge < -0.3 is 19.1 Å². The van der Waals surface area contributed by atoms with Gasteiger partial charge in [0.25, 0.3) is 5.91 Å². The number of likely N-dealkylation sites (tertiary alicyclic amines) is 1. The average Bonchev–Trinajstić information content (AvgIpc) is 3.37. The molecule has 0 radical (unpaired) electrons. The molecule has 2 aromatic rings. The Kier molecular flexibility index (Phi) is 4.59. The van der Waals surface area contributed by atoms with Gasteiger partial charge in [-0.1, -0.05) is 18.2 Å². The normalized spacial score (nSPS) is 17.6. The van der Waals surface area contributed by atoms with Crippen LogP contribution >= 0.6 is 0 Å². The predicted octanol–water partition coefficient (Wildman–Crippen LogP) is 1.65. The van der Waals surface area contributed by atoms with E-state index >= 15 is 0 Å². The molecule has 0 saturated carbocycles. The topological polar surface area (TPSA) is 74.1 Å². The molecule has 3 amide bonds. The molecule has 1 aromatic carbocycles. The fraction of sp³-hybridized carbons (Fsp3) is 0.450. The smallest absolute Gasteiger partial charge is 0.312 e. The lowest BCUT2D eigenvalue weighted by Gasteiger charge is -2.34. The van der Waals surface area contributed by atoms with Crippen LogP contribution in [0.2, 0.25) is 0 Å². The van der Waals surface area contributed by atoms with Gasteiger partial charge in [0.15, 0.2) is 5.76 Å². The molecule has 0 atom stereocenters. The van der Waals surface area contributed by atoms with E-state index in [0.717, 1.165) is 29.4 Å². The number of furan rings is 1. The number of nitrogens with zero attached hydrogens (tertiary/aromatic N) is 3. The zero-order valence-electron chi connectivity index (χ0n) is 15.4. The predicted molar refractivity (Wildman–Crippen MR) is 99.2 cm³/mol. The summed E-state index contributed by atoms with van der Waals surface area (Å²) in [6, 6.07) is 7.56. The Hall–Kier alpha value is -2.83. The van der Waals surface area contributed by atoms with Gasteiger partial charge in [-0.2, -0.15) is 0 Å². The number of piperazine rings is 1. The maximum absolute atomic E-state index is 12.8. The monoisotopic (exact) mass is 369 g/mol. The van der Waals surface area contributed by atoms with Crippen LogP contribution in [0.15, 0.2) is 28.7 Å². The number of para-hydroxylation sites is 1. The molecule has 0 N–H and O–H groups in total. The first-order valence-electron chi connectivity index (χ1n) is 9.41. The fourth-order valence-electron chi connectivity index (χ4n) is 3.77. The summed E-state index contributed by atoms with van der Waals surface area (Å²) in [5.74, 6) is -0.737. The van der Waals surface area contributed by atoms with Gasteiger partial charge in [0.05, 0.1) is 0 Å². The van der Waals surface area contributed by atoms with Crippen molar-refractivity contribution < 1.29 is 18.8 Å². The van der Waals surface area contributed by atoms with Crippen molar-refractivity contribution in [1.29, 1.82) is 0 Å². The van der Waals surface area contributed by atoms with Gasteiger partial charge in [0.1, 0.15) is 5.58 Å². The van der Waals surface area contributed by atoms with Crippen molar-refractivity contribution >= 4 is 28.7 Å². The van der Waals surface area contributed by atoms with Crippen molar-refractivity contribution in [1.82, 2.24) is 14.7 Å². The summed E-state index contributed by atoms with van der Waals surface area (Å²) in [6.45, 7) is 4.79. The van der Waals surface area contributed by atoms with E-state index in [-0.39, 0.29) is 5.91 Å². The quantitative estimate of drug-likeness (QED) is 0.717. The Bertz CT molecular complexity index is 890. The van der Waals surface area contributed by atoms with Crippen LogP contribution in [0.25, 0.3) is 11.0 Å². The number of amides is 3. The lowest BCUT2D eigenvalue weighted by molar-refractivity contribution is -0.152. The maximum atomic E-state index is 12.8. The summed E-state index contributed by atoms with van der Waals surface area (Å²) in [6.07, 6.45) is 1.91. The van der Waals surface area contributed by atoms with Crippen molar-refractivity contribution in [3.63, 3.8) is 0 Å². The average molecular weight is 369 g/mol. The van der Waals surface area contributed by atoms with Gasteiger partial charge >= 0.3 is 11.8 Å². The van der Waals surface area contributed by atoms with Crippen LogP contribution in [0.1, 0.15) is 29.0 Å². The number of rotatable bonds is 1. The van der Waals surface area contributed by atoms with Gasteiger partial charge in [0, 0.05) is 44.7 Å². The molecule has 2 aliphatic rings. The maximum Gasteiger partial charge on any atom is 0.312 e. The minimum atomic E-state index is -0.455. The molecule has 142 valence electrons. The van der Waals surface area contributed by atoms with E-state index in [1.54, 1.807) is 20.8 Å². The van der Waals surface area contributed by atoms with Gasteiger partial charge in [-0.15, -0.1) is 0 Å². The van der Waals surface area contributed by atoms with Crippen molar-refractivity contribution in [2.45, 2.75) is 19.8 Å². The molecule has 1 aromatic heterocycles. The van der Waals surface area contributed by atoms with E-state index in [2.05, 4.69) is 0 Å². The van der Waals surface area contributed by atoms with E-state index in [9.17, 15) is 14.4 Å². The summed E-state index contributed by atoms with van der Waals surface area (Å²) in [7, 11) is 0. The largest absolute Gasteiger partial charge is 0.451 e. The first kappa shape index (κ1) is 17.6. The van der Waals surface area contributed by atoms with Crippen LogP contribution in [0, 0.1) is 6.92 Å². The highest BCUT2D eigenvalue weighted by atomic mass is 16.3. The molecule has 4 rings (SSSR count). The second-order valence-corrected chi connectivity index (χ2v) is 7.19. The van der Waals surface area contributed by atoms with Gasteiger partial charge in [0.2, 0.25) is 0 Å². The molecular weight excluding hydrogens is 346 g/mol. The minimum absolute atomic E-state index is 0.177. The number of fused-ring (bicyclic) bond motifs is 1. The second-order valence-electron chi connectivity index (χ2n) is 7.19. The Labute approximate surface area is 157 Å². The van der Waals surface area contributed by atoms with Crippen LogP contribution in [0.5, 0.6) is 0 Å². The number of hydrogen-bond acceptors (Lipinski definition) is 4. The highest BCUT2D eigenvalue weighted by Gasteiger charge is 2.32. The van der Waals surface area contributed by atoms with Crippen LogP contribution in [-0.4, -0.2) is 71.7 Å². The van der Waals surface area contributed by atoms with E-state index in [0.29, 0.717) is 45.0 Å². The molecule has 7 nitrogen and oxygen atoms in total. The number of benzene rings is 1. The van der Waals surface area contributed by atoms with Crippen LogP contribution in [-0.2, 0) is 9.59 Å². The summed E-state index contributed by atoms with van der Waals surface area (Å²) < 4.78 is 5.76. The van der Waals surface area contributed by atoms with Crippen LogP contribution < -0.4 is 0 Å². The standard InChI is InChI=1S/C20H23N3O4/c1-14-5-4-6-15-13-16(27-17(14)15)18(24)22-9-11-23(12-10-22)20(26)19(25)21-7-2-3-8-21/h4-6,13H,2-3,7-12H2,1H3. The molecule has 7 heteroatoms. The Morgan fingerprint density at radius 1 is 0.852 bits per heavy atom. The first-order chi connectivity index (χ1) is 13.0. The van der Waals surface area contributed by atoms with Gasteiger partial charge in [-0.3, -0.25) is 14.4 Å². The number of carbonyl (C=O) groups excluding carboxylic acids is 3. The summed E-state index contributed by atoms with van der Waals surface area (Å²) >= 11 is 0. The van der Waals surface area contributed by atoms with Crippen LogP contribution in [0.3, 0.4) is 0 Å². The SMILES string of the molecule is Cc1cccc2cc(C(=O)N3CCN(C(=O)C(=O)N4CCCC4)CC3)oc12. The lowest BCUT2D eigenvalue weighted by Crippen LogP contribution is -2.54. The highest BCUT2D eigenvalue weighted by molar-refractivity contribution is 6.35. The molecule has 27 heavy (non-hydrogen) atoms. The Balaban J connectivity index is 1.39. The van der Waals surface area contributed by atoms with Gasteiger partial charge in [-0.25, -0.2) is 0 Å². The third kappa shape index (κ3) is 3.29. The summed E-state index contributed by atoms with van der Waals surface area (Å²) in [4.78, 5) is 42.3. The van der Waals surface area contributed by atoms with Crippen LogP contribution in [0.4, 0.5) is 0 Å². The Morgan fingerprint density at radius 2 is 1.44 bits per heavy atom. The van der Waals surface area contributed by atoms with E-state index in [1.165, 1.54) is 0 Å². The van der Waals surface area contributed by atoms with E-state index in [1.807, 2.05) is 25.1 Å². The lowest BCUT2D eigenvalue weighted by atomic mass is 10.2. The molecule has 2 saturated heterocycles. The number of aryl methyl sites for hydroxylation is 1. The minimum Gasteiger partial charge on any atom is -0.451 e. The van der Waals surface area contributed by atoms with E-state index in [4.69, 9.17) is 4.42 Å². The summed E-state index contributed by atoms with van der Waals surface area (Å²) in [5.41, 5.74) is 1.72. The van der Waals surface area contributed by atoms with Crippen molar-refractivity contribution in [3.05, 3.63) is 35.6 Å². The zero-order chi connectivity index (χ0) is 19.0. The highest BCUT2D eigenvalue weighted by Crippen LogP contribution is 2.24. The summed E-state index contributed by atoms with van der Waals surface area (Å²) in [5, 5.41) is 0.906. The van der Waals surface area contributed by atoms with E-state index < -0.39 is 11.8 Å². The molecule has 3 heterocycles. The van der Waals surface area contributed by atoms with Gasteiger partial charge in [-0.05, 0) is 31.4 Å². The molecule has 2 fully saturated rings. The molecular formula is C20H23N3O4. The number of carbonyl (C=O) groups is 3. The van der Waals surface area contributed by atoms with Crippen molar-refractivity contribution in [2.75, 3.05) is 39.3 Å². The third-order valence-corrected chi connectivity index (χ3v) is 5.38. The molecule has 0 spiro atoms. The molecule has 0 bridgehead atoms. The first-order valence-corrected chi connectivity index (χ1v) is 9.41. The van der Waals surface area contributed by atoms with Crippen molar-refractivity contribution in [2.24, 2.45) is 0 Å². The molecule has 0 unspecified atom stereocenters. The number of hydrogen-bond donors (Lipinski definition) is 0. The molecule has 0 aliphatic carbocycles. The second kappa shape index (κ2) is 7.06.